The van der Waals surface area contributed by atoms with Crippen molar-refractivity contribution in [2.24, 2.45) is 0 Å². The lowest BCUT2D eigenvalue weighted by molar-refractivity contribution is -0.116. The Labute approximate surface area is 215 Å². The average molecular weight is 513 g/mol. The summed E-state index contributed by atoms with van der Waals surface area (Å²) in [5, 5.41) is 15.7. The maximum atomic E-state index is 13.0. The van der Waals surface area contributed by atoms with E-state index in [0.29, 0.717) is 33.9 Å². The van der Waals surface area contributed by atoms with E-state index < -0.39 is 0 Å². The number of aromatic nitrogens is 3. The highest BCUT2D eigenvalue weighted by atomic mass is 32.1. The number of rotatable bonds is 7. The zero-order valence-electron chi connectivity index (χ0n) is 19.4. The quantitative estimate of drug-likeness (QED) is 0.257. The van der Waals surface area contributed by atoms with Gasteiger partial charge in [0.15, 0.2) is 0 Å². The molecule has 5 rings (SSSR count). The molecule has 0 aliphatic carbocycles. The monoisotopic (exact) mass is 512 g/mol. The minimum absolute atomic E-state index is 0.0790. The molecule has 0 unspecified atom stereocenters. The Kier molecular flexibility index (Phi) is 6.73. The number of hydrogen-bond acceptors (Lipinski definition) is 6. The van der Waals surface area contributed by atoms with Crippen LogP contribution in [0.4, 0.5) is 21.5 Å². The van der Waals surface area contributed by atoms with Crippen molar-refractivity contribution in [2.45, 2.75) is 6.54 Å². The van der Waals surface area contributed by atoms with Crippen LogP contribution in [0.1, 0.15) is 10.4 Å². The predicted octanol–water partition coefficient (Wildman–Crippen LogP) is 5.29. The third kappa shape index (κ3) is 5.71. The number of carbonyl (C=O) groups excluding carboxylic acids is 2. The van der Waals surface area contributed by atoms with Crippen LogP contribution in [-0.4, -0.2) is 26.8 Å². The molecule has 0 bridgehead atoms. The Bertz CT molecular complexity index is 1560. The van der Waals surface area contributed by atoms with Crippen LogP contribution in [0.25, 0.3) is 21.7 Å². The summed E-state index contributed by atoms with van der Waals surface area (Å²) in [6, 6.07) is 21.9. The molecule has 0 aliphatic heterocycles. The first kappa shape index (κ1) is 23.9. The van der Waals surface area contributed by atoms with Gasteiger partial charge in [0.05, 0.1) is 17.6 Å². The van der Waals surface area contributed by atoms with Crippen LogP contribution in [-0.2, 0) is 11.3 Å². The standard InChI is InChI=1S/C27H21FN6O2S/c28-20-7-9-21(10-8-20)30-26(35)16-34-15-24(32-33-34)17-3-1-4-19(13-17)27(36)31-23-14-18(6-11-22(23)29)25-5-2-12-37-25/h1-15H,16,29H2,(H,30,35)(H,31,36). The van der Waals surface area contributed by atoms with Crippen molar-refractivity contribution in [2.75, 3.05) is 16.4 Å². The van der Waals surface area contributed by atoms with E-state index in [1.165, 1.54) is 28.9 Å². The Morgan fingerprint density at radius 1 is 0.946 bits per heavy atom. The lowest BCUT2D eigenvalue weighted by Crippen LogP contribution is -2.19. The number of nitrogens with zero attached hydrogens (tertiary/aromatic N) is 3. The van der Waals surface area contributed by atoms with Gasteiger partial charge in [-0.05, 0) is 65.5 Å². The van der Waals surface area contributed by atoms with Gasteiger partial charge in [0.25, 0.3) is 5.91 Å². The number of benzene rings is 3. The second-order valence-electron chi connectivity index (χ2n) is 8.17. The number of nitrogen functional groups attached to an aromatic ring is 1. The first-order valence-corrected chi connectivity index (χ1v) is 12.1. The molecular weight excluding hydrogens is 491 g/mol. The van der Waals surface area contributed by atoms with Crippen molar-refractivity contribution in [1.29, 1.82) is 0 Å². The van der Waals surface area contributed by atoms with Gasteiger partial charge in [0.2, 0.25) is 5.91 Å². The van der Waals surface area contributed by atoms with Crippen LogP contribution in [0.15, 0.2) is 90.4 Å². The van der Waals surface area contributed by atoms with Crippen molar-refractivity contribution < 1.29 is 14.0 Å². The van der Waals surface area contributed by atoms with E-state index in [9.17, 15) is 14.0 Å². The summed E-state index contributed by atoms with van der Waals surface area (Å²) in [5.74, 6) is -1.04. The summed E-state index contributed by atoms with van der Waals surface area (Å²) >= 11 is 1.60. The lowest BCUT2D eigenvalue weighted by atomic mass is 10.1. The highest BCUT2D eigenvalue weighted by molar-refractivity contribution is 7.13. The Morgan fingerprint density at radius 2 is 1.78 bits per heavy atom. The average Bonchev–Trinajstić information content (AvgIpc) is 3.60. The second kappa shape index (κ2) is 10.4. The fourth-order valence-electron chi connectivity index (χ4n) is 3.66. The van der Waals surface area contributed by atoms with Crippen LogP contribution in [0.5, 0.6) is 0 Å². The highest BCUT2D eigenvalue weighted by Gasteiger charge is 2.13. The number of nitrogens with one attached hydrogen (secondary N) is 2. The molecule has 2 amide bonds. The van der Waals surface area contributed by atoms with Crippen LogP contribution in [0, 0.1) is 5.82 Å². The third-order valence-electron chi connectivity index (χ3n) is 5.50. The topological polar surface area (TPSA) is 115 Å². The molecule has 37 heavy (non-hydrogen) atoms. The molecule has 0 spiro atoms. The molecule has 10 heteroatoms. The third-order valence-corrected chi connectivity index (χ3v) is 6.42. The Balaban J connectivity index is 1.27. The van der Waals surface area contributed by atoms with Crippen molar-refractivity contribution in [3.63, 3.8) is 0 Å². The molecule has 0 saturated carbocycles. The van der Waals surface area contributed by atoms with Gasteiger partial charge in [-0.25, -0.2) is 9.07 Å². The van der Waals surface area contributed by atoms with Gasteiger partial charge < -0.3 is 16.4 Å². The van der Waals surface area contributed by atoms with E-state index in [0.717, 1.165) is 10.4 Å². The molecule has 0 aliphatic rings. The van der Waals surface area contributed by atoms with E-state index in [1.54, 1.807) is 47.9 Å². The van der Waals surface area contributed by atoms with Gasteiger partial charge in [0, 0.05) is 21.7 Å². The molecule has 8 nitrogen and oxygen atoms in total. The number of nitrogens with two attached hydrogens (primary N) is 1. The molecule has 2 heterocycles. The van der Waals surface area contributed by atoms with Gasteiger partial charge in [0.1, 0.15) is 18.1 Å². The fourth-order valence-corrected chi connectivity index (χ4v) is 4.39. The van der Waals surface area contributed by atoms with Crippen molar-refractivity contribution in [3.05, 3.63) is 102 Å². The van der Waals surface area contributed by atoms with Crippen LogP contribution >= 0.6 is 11.3 Å². The van der Waals surface area contributed by atoms with Crippen molar-refractivity contribution in [3.8, 4) is 21.7 Å². The molecule has 0 saturated heterocycles. The van der Waals surface area contributed by atoms with Gasteiger partial charge in [-0.3, -0.25) is 9.59 Å². The maximum absolute atomic E-state index is 13.0. The summed E-state index contributed by atoms with van der Waals surface area (Å²) in [6.07, 6.45) is 1.61. The number of hydrogen-bond donors (Lipinski definition) is 3. The number of halogens is 1. The molecular formula is C27H21FN6O2S. The molecule has 0 atom stereocenters. The summed E-state index contributed by atoms with van der Waals surface area (Å²) in [7, 11) is 0. The van der Waals surface area contributed by atoms with Crippen LogP contribution in [0.3, 0.4) is 0 Å². The smallest absolute Gasteiger partial charge is 0.255 e. The molecule has 0 radical (unpaired) electrons. The number of amides is 2. The SMILES string of the molecule is Nc1ccc(-c2cccs2)cc1NC(=O)c1cccc(-c2cn(CC(=O)Nc3ccc(F)cc3)nn2)c1. The summed E-state index contributed by atoms with van der Waals surface area (Å²) < 4.78 is 14.4. The molecule has 4 N–H and O–H groups in total. The lowest BCUT2D eigenvalue weighted by Gasteiger charge is -2.10. The maximum Gasteiger partial charge on any atom is 0.255 e. The minimum atomic E-state index is -0.384. The highest BCUT2D eigenvalue weighted by Crippen LogP contribution is 2.30. The summed E-state index contributed by atoms with van der Waals surface area (Å²) in [5.41, 5.74) is 10.1. The van der Waals surface area contributed by atoms with Crippen molar-refractivity contribution in [1.82, 2.24) is 15.0 Å². The number of thiophene rings is 1. The number of anilines is 3. The van der Waals surface area contributed by atoms with Gasteiger partial charge in [-0.2, -0.15) is 0 Å². The number of carbonyl (C=O) groups is 2. The normalized spacial score (nSPS) is 10.7. The zero-order valence-corrected chi connectivity index (χ0v) is 20.2. The van der Waals surface area contributed by atoms with E-state index in [2.05, 4.69) is 20.9 Å². The van der Waals surface area contributed by atoms with Gasteiger partial charge in [-0.1, -0.05) is 29.5 Å². The Hall–Kier alpha value is -4.83. The molecule has 2 aromatic heterocycles. The van der Waals surface area contributed by atoms with Crippen molar-refractivity contribution >= 4 is 40.2 Å². The minimum Gasteiger partial charge on any atom is -0.397 e. The van der Waals surface area contributed by atoms with Gasteiger partial charge in [-0.15, -0.1) is 16.4 Å². The first-order valence-electron chi connectivity index (χ1n) is 11.3. The zero-order chi connectivity index (χ0) is 25.8. The summed E-state index contributed by atoms with van der Waals surface area (Å²) in [4.78, 5) is 26.4. The molecule has 5 aromatic rings. The molecule has 184 valence electrons. The fraction of sp³-hybridized carbons (Fsp3) is 0.0370. The second-order valence-corrected chi connectivity index (χ2v) is 9.12. The summed E-state index contributed by atoms with van der Waals surface area (Å²) in [6.45, 7) is -0.0790. The van der Waals surface area contributed by atoms with E-state index in [1.807, 2.05) is 29.6 Å². The van der Waals surface area contributed by atoms with Crippen LogP contribution in [0.2, 0.25) is 0 Å². The first-order chi connectivity index (χ1) is 17.9. The van der Waals surface area contributed by atoms with Crippen LogP contribution < -0.4 is 16.4 Å². The Morgan fingerprint density at radius 3 is 2.57 bits per heavy atom. The van der Waals surface area contributed by atoms with E-state index in [4.69, 9.17) is 5.73 Å². The molecule has 3 aromatic carbocycles. The largest absolute Gasteiger partial charge is 0.397 e. The van der Waals surface area contributed by atoms with E-state index >= 15 is 0 Å². The predicted molar refractivity (Wildman–Crippen MR) is 143 cm³/mol. The molecule has 0 fully saturated rings. The van der Waals surface area contributed by atoms with E-state index in [-0.39, 0.29) is 24.2 Å². The van der Waals surface area contributed by atoms with Gasteiger partial charge >= 0.3 is 0 Å².